The summed E-state index contributed by atoms with van der Waals surface area (Å²) in [6, 6.07) is -0.709. The van der Waals surface area contributed by atoms with E-state index in [1.807, 2.05) is 0 Å². The van der Waals surface area contributed by atoms with Crippen molar-refractivity contribution >= 4 is 17.9 Å². The lowest BCUT2D eigenvalue weighted by Crippen LogP contribution is -2.47. The Labute approximate surface area is 118 Å². The molecule has 1 aliphatic carbocycles. The molecule has 2 unspecified atom stereocenters. The van der Waals surface area contributed by atoms with Crippen LogP contribution in [0.4, 0.5) is 4.79 Å². The lowest BCUT2D eigenvalue weighted by molar-refractivity contribution is -0.142. The fourth-order valence-corrected chi connectivity index (χ4v) is 2.46. The minimum absolute atomic E-state index is 0.224. The second kappa shape index (κ2) is 8.39. The molecule has 0 aromatic rings. The van der Waals surface area contributed by atoms with Crippen molar-refractivity contribution in [2.24, 2.45) is 11.7 Å². The van der Waals surface area contributed by atoms with Gasteiger partial charge in [0.1, 0.15) is 0 Å². The van der Waals surface area contributed by atoms with E-state index >= 15 is 0 Å². The molecule has 0 aromatic heterocycles. The SMILES string of the molecule is NC(=O)CCCNC(=O)NC1CCCCCC1C(=O)O. The van der Waals surface area contributed by atoms with Crippen molar-refractivity contribution in [2.45, 2.75) is 51.0 Å². The number of aliphatic carboxylic acids is 1. The van der Waals surface area contributed by atoms with E-state index in [2.05, 4.69) is 10.6 Å². The maximum absolute atomic E-state index is 11.7. The summed E-state index contributed by atoms with van der Waals surface area (Å²) in [6.07, 6.45) is 4.80. The number of urea groups is 1. The molecular weight excluding hydrogens is 262 g/mol. The summed E-state index contributed by atoms with van der Waals surface area (Å²) in [5.74, 6) is -1.78. The van der Waals surface area contributed by atoms with Crippen LogP contribution in [0.25, 0.3) is 0 Å². The number of carbonyl (C=O) groups is 3. The van der Waals surface area contributed by atoms with Gasteiger partial charge in [-0.05, 0) is 19.3 Å². The summed E-state index contributed by atoms with van der Waals surface area (Å²) >= 11 is 0. The van der Waals surface area contributed by atoms with E-state index in [9.17, 15) is 19.5 Å². The summed E-state index contributed by atoms with van der Waals surface area (Å²) < 4.78 is 0. The van der Waals surface area contributed by atoms with E-state index in [1.165, 1.54) is 0 Å². The number of amides is 3. The van der Waals surface area contributed by atoms with Crippen LogP contribution in [-0.4, -0.2) is 35.6 Å². The van der Waals surface area contributed by atoms with Crippen LogP contribution in [0.15, 0.2) is 0 Å². The van der Waals surface area contributed by atoms with Gasteiger partial charge in [0.15, 0.2) is 0 Å². The fourth-order valence-electron chi connectivity index (χ4n) is 2.46. The van der Waals surface area contributed by atoms with Gasteiger partial charge in [0.25, 0.3) is 0 Å². The highest BCUT2D eigenvalue weighted by molar-refractivity contribution is 5.77. The largest absolute Gasteiger partial charge is 0.481 e. The van der Waals surface area contributed by atoms with E-state index in [1.54, 1.807) is 0 Å². The normalized spacial score (nSPS) is 22.6. The third-order valence-electron chi connectivity index (χ3n) is 3.54. The Morgan fingerprint density at radius 1 is 1.15 bits per heavy atom. The van der Waals surface area contributed by atoms with Gasteiger partial charge in [-0.15, -0.1) is 0 Å². The molecular formula is C13H23N3O4. The number of carboxylic acids is 1. The summed E-state index contributed by atoms with van der Waals surface area (Å²) in [5, 5.41) is 14.5. The lowest BCUT2D eigenvalue weighted by Gasteiger charge is -2.23. The molecule has 0 aromatic carbocycles. The second-order valence-corrected chi connectivity index (χ2v) is 5.16. The Morgan fingerprint density at radius 3 is 2.50 bits per heavy atom. The molecule has 0 radical (unpaired) electrons. The Balaban J connectivity index is 2.37. The number of carbonyl (C=O) groups excluding carboxylic acids is 2. The van der Waals surface area contributed by atoms with Crippen molar-refractivity contribution in [2.75, 3.05) is 6.54 Å². The third-order valence-corrected chi connectivity index (χ3v) is 3.54. The molecule has 20 heavy (non-hydrogen) atoms. The maximum Gasteiger partial charge on any atom is 0.315 e. The maximum atomic E-state index is 11.7. The highest BCUT2D eigenvalue weighted by Gasteiger charge is 2.30. The molecule has 5 N–H and O–H groups in total. The van der Waals surface area contributed by atoms with Gasteiger partial charge in [-0.1, -0.05) is 19.3 Å². The molecule has 0 bridgehead atoms. The number of nitrogens with one attached hydrogen (secondary N) is 2. The molecule has 3 amide bonds. The standard InChI is InChI=1S/C13H23N3O4/c14-11(17)7-4-8-15-13(20)16-10-6-3-1-2-5-9(10)12(18)19/h9-10H,1-8H2,(H2,14,17)(H,18,19)(H2,15,16,20). The Bertz CT molecular complexity index is 360. The Kier molecular flexibility index (Phi) is 6.83. The highest BCUT2D eigenvalue weighted by atomic mass is 16.4. The number of hydrogen-bond donors (Lipinski definition) is 4. The number of nitrogens with two attached hydrogens (primary N) is 1. The molecule has 2 atom stereocenters. The van der Waals surface area contributed by atoms with Crippen molar-refractivity contribution in [1.29, 1.82) is 0 Å². The van der Waals surface area contributed by atoms with Gasteiger partial charge in [-0.2, -0.15) is 0 Å². The molecule has 1 rings (SSSR count). The first kappa shape index (κ1) is 16.3. The van der Waals surface area contributed by atoms with Gasteiger partial charge in [0.05, 0.1) is 5.92 Å². The molecule has 0 heterocycles. The van der Waals surface area contributed by atoms with Crippen LogP contribution < -0.4 is 16.4 Å². The zero-order chi connectivity index (χ0) is 15.0. The van der Waals surface area contributed by atoms with Crippen LogP contribution in [0.2, 0.25) is 0 Å². The van der Waals surface area contributed by atoms with Crippen LogP contribution in [0.1, 0.15) is 44.9 Å². The van der Waals surface area contributed by atoms with Gasteiger partial charge in [-0.25, -0.2) is 4.79 Å². The van der Waals surface area contributed by atoms with Crippen LogP contribution in [0.3, 0.4) is 0 Å². The van der Waals surface area contributed by atoms with E-state index < -0.39 is 17.8 Å². The van der Waals surface area contributed by atoms with Gasteiger partial charge >= 0.3 is 12.0 Å². The first-order chi connectivity index (χ1) is 9.50. The molecule has 114 valence electrons. The summed E-state index contributed by atoms with van der Waals surface area (Å²) in [7, 11) is 0. The van der Waals surface area contributed by atoms with Crippen molar-refractivity contribution in [3.63, 3.8) is 0 Å². The number of rotatable bonds is 6. The minimum Gasteiger partial charge on any atom is -0.481 e. The van der Waals surface area contributed by atoms with E-state index in [0.29, 0.717) is 25.8 Å². The van der Waals surface area contributed by atoms with Crippen LogP contribution in [0.5, 0.6) is 0 Å². The summed E-state index contributed by atoms with van der Waals surface area (Å²) in [4.78, 5) is 33.5. The zero-order valence-corrected chi connectivity index (χ0v) is 11.6. The van der Waals surface area contributed by atoms with Gasteiger partial charge in [0, 0.05) is 19.0 Å². The molecule has 7 heteroatoms. The Hall–Kier alpha value is -1.79. The predicted molar refractivity (Wildman–Crippen MR) is 73.0 cm³/mol. The molecule has 0 aliphatic heterocycles. The van der Waals surface area contributed by atoms with E-state index in [-0.39, 0.29) is 18.5 Å². The Morgan fingerprint density at radius 2 is 1.85 bits per heavy atom. The summed E-state index contributed by atoms with van der Waals surface area (Å²) in [6.45, 7) is 0.346. The topological polar surface area (TPSA) is 122 Å². The monoisotopic (exact) mass is 285 g/mol. The highest BCUT2D eigenvalue weighted by Crippen LogP contribution is 2.23. The zero-order valence-electron chi connectivity index (χ0n) is 11.6. The summed E-state index contributed by atoms with van der Waals surface area (Å²) in [5.41, 5.74) is 5.00. The van der Waals surface area contributed by atoms with Gasteiger partial charge in [-0.3, -0.25) is 9.59 Å². The van der Waals surface area contributed by atoms with Crippen LogP contribution in [0, 0.1) is 5.92 Å². The number of primary amides is 1. The molecule has 0 saturated heterocycles. The molecule has 0 spiro atoms. The van der Waals surface area contributed by atoms with Gasteiger partial charge < -0.3 is 21.5 Å². The van der Waals surface area contributed by atoms with Crippen molar-refractivity contribution in [3.8, 4) is 0 Å². The average molecular weight is 285 g/mol. The lowest BCUT2D eigenvalue weighted by atomic mass is 9.95. The molecule has 1 fully saturated rings. The number of carboxylic acid groups (broad SMARTS) is 1. The predicted octanol–water partition coefficient (Wildman–Crippen LogP) is 0.585. The first-order valence-corrected chi connectivity index (χ1v) is 7.06. The number of hydrogen-bond acceptors (Lipinski definition) is 3. The smallest absolute Gasteiger partial charge is 0.315 e. The van der Waals surface area contributed by atoms with Crippen molar-refractivity contribution in [1.82, 2.24) is 10.6 Å². The first-order valence-electron chi connectivity index (χ1n) is 7.06. The molecule has 7 nitrogen and oxygen atoms in total. The third kappa shape index (κ3) is 5.90. The quantitative estimate of drug-likeness (QED) is 0.421. The minimum atomic E-state index is -0.856. The second-order valence-electron chi connectivity index (χ2n) is 5.16. The fraction of sp³-hybridized carbons (Fsp3) is 0.769. The van der Waals surface area contributed by atoms with E-state index in [4.69, 9.17) is 5.73 Å². The van der Waals surface area contributed by atoms with Crippen molar-refractivity contribution < 1.29 is 19.5 Å². The molecule has 1 aliphatic rings. The van der Waals surface area contributed by atoms with Crippen LogP contribution >= 0.6 is 0 Å². The van der Waals surface area contributed by atoms with Gasteiger partial charge in [0.2, 0.25) is 5.91 Å². The van der Waals surface area contributed by atoms with Crippen LogP contribution in [-0.2, 0) is 9.59 Å². The average Bonchev–Trinajstić information content (AvgIpc) is 2.60. The molecule has 1 saturated carbocycles. The van der Waals surface area contributed by atoms with Crippen molar-refractivity contribution in [3.05, 3.63) is 0 Å². The van der Waals surface area contributed by atoms with E-state index in [0.717, 1.165) is 19.3 Å².